The molecule has 0 fully saturated rings. The molecule has 0 aliphatic carbocycles. The number of aliphatic hydroxyl groups is 1. The molecule has 0 aliphatic heterocycles. The molecule has 0 saturated carbocycles. The first kappa shape index (κ1) is 13.7. The number of hydrogen-bond donors (Lipinski definition) is 3. The van der Waals surface area contributed by atoms with Gasteiger partial charge in [-0.15, -0.1) is 11.3 Å². The third-order valence-corrected chi connectivity index (χ3v) is 2.85. The van der Waals surface area contributed by atoms with Crippen LogP contribution in [0, 0.1) is 0 Å². The molecule has 0 aliphatic rings. The predicted molar refractivity (Wildman–Crippen MR) is 66.0 cm³/mol. The largest absolute Gasteiger partial charge is 0.392 e. The van der Waals surface area contributed by atoms with Crippen LogP contribution in [0.5, 0.6) is 0 Å². The summed E-state index contributed by atoms with van der Waals surface area (Å²) in [4.78, 5) is 23.4. The highest BCUT2D eigenvalue weighted by Crippen LogP contribution is 2.07. The zero-order chi connectivity index (χ0) is 12.7. The quantitative estimate of drug-likeness (QED) is 0.688. The third kappa shape index (κ3) is 5.46. The molecule has 0 bridgehead atoms. The number of rotatable bonds is 6. The lowest BCUT2D eigenvalue weighted by Crippen LogP contribution is -2.33. The van der Waals surface area contributed by atoms with Gasteiger partial charge in [0.1, 0.15) is 0 Å². The van der Waals surface area contributed by atoms with E-state index in [1.165, 1.54) is 11.3 Å². The molecule has 0 spiro atoms. The molecule has 1 atom stereocenters. The van der Waals surface area contributed by atoms with Crippen LogP contribution in [0.15, 0.2) is 17.5 Å². The highest BCUT2D eigenvalue weighted by molar-refractivity contribution is 7.12. The van der Waals surface area contributed by atoms with Gasteiger partial charge in [0.25, 0.3) is 5.91 Å². The summed E-state index contributed by atoms with van der Waals surface area (Å²) in [6, 6.07) is 3.53. The van der Waals surface area contributed by atoms with Crippen molar-refractivity contribution in [3.63, 3.8) is 0 Å². The van der Waals surface area contributed by atoms with Crippen LogP contribution in [0.2, 0.25) is 0 Å². The van der Waals surface area contributed by atoms with Crippen LogP contribution >= 0.6 is 11.3 Å². The number of amides is 2. The van der Waals surface area contributed by atoms with E-state index >= 15 is 0 Å². The van der Waals surface area contributed by atoms with E-state index in [9.17, 15) is 9.59 Å². The summed E-state index contributed by atoms with van der Waals surface area (Å²) >= 11 is 1.36. The molecule has 1 aromatic rings. The van der Waals surface area contributed by atoms with Gasteiger partial charge < -0.3 is 15.7 Å². The first-order valence-corrected chi connectivity index (χ1v) is 6.24. The first-order chi connectivity index (χ1) is 8.09. The zero-order valence-corrected chi connectivity index (χ0v) is 10.4. The second-order valence-electron chi connectivity index (χ2n) is 3.64. The van der Waals surface area contributed by atoms with E-state index < -0.39 is 6.10 Å². The van der Waals surface area contributed by atoms with Gasteiger partial charge >= 0.3 is 0 Å². The fourth-order valence-corrected chi connectivity index (χ4v) is 1.77. The zero-order valence-electron chi connectivity index (χ0n) is 9.60. The molecule has 3 N–H and O–H groups in total. The number of aliphatic hydroxyl groups excluding tert-OH is 1. The van der Waals surface area contributed by atoms with Gasteiger partial charge in [-0.05, 0) is 18.4 Å². The van der Waals surface area contributed by atoms with Crippen molar-refractivity contribution in [1.29, 1.82) is 0 Å². The summed E-state index contributed by atoms with van der Waals surface area (Å²) in [6.45, 7) is 2.12. The summed E-state index contributed by atoms with van der Waals surface area (Å²) in [5, 5.41) is 16.0. The van der Waals surface area contributed by atoms with Gasteiger partial charge in [0.2, 0.25) is 5.91 Å². The van der Waals surface area contributed by atoms with Crippen LogP contribution in [-0.4, -0.2) is 36.1 Å². The highest BCUT2D eigenvalue weighted by Gasteiger charge is 2.07. The van der Waals surface area contributed by atoms with Crippen molar-refractivity contribution in [3.8, 4) is 0 Å². The summed E-state index contributed by atoms with van der Waals surface area (Å²) in [5.41, 5.74) is 0. The van der Waals surface area contributed by atoms with Crippen LogP contribution in [0.25, 0.3) is 0 Å². The Labute approximate surface area is 104 Å². The molecule has 6 heteroatoms. The van der Waals surface area contributed by atoms with E-state index in [4.69, 9.17) is 5.11 Å². The Morgan fingerprint density at radius 1 is 1.47 bits per heavy atom. The van der Waals surface area contributed by atoms with Gasteiger partial charge in [-0.2, -0.15) is 0 Å². The fraction of sp³-hybridized carbons (Fsp3) is 0.455. The lowest BCUT2D eigenvalue weighted by molar-refractivity contribution is -0.121. The van der Waals surface area contributed by atoms with Crippen molar-refractivity contribution >= 4 is 23.2 Å². The fourth-order valence-electron chi connectivity index (χ4n) is 1.13. The van der Waals surface area contributed by atoms with E-state index in [-0.39, 0.29) is 24.8 Å². The molecule has 0 unspecified atom stereocenters. The van der Waals surface area contributed by atoms with E-state index in [0.29, 0.717) is 11.4 Å². The molecule has 1 aromatic heterocycles. The number of thiophene rings is 1. The normalized spacial score (nSPS) is 11.9. The van der Waals surface area contributed by atoms with Crippen molar-refractivity contribution in [3.05, 3.63) is 22.4 Å². The summed E-state index contributed by atoms with van der Waals surface area (Å²) in [7, 11) is 0. The second kappa shape index (κ2) is 7.03. The topological polar surface area (TPSA) is 78.4 Å². The number of hydrogen-bond acceptors (Lipinski definition) is 4. The van der Waals surface area contributed by atoms with E-state index in [0.717, 1.165) is 0 Å². The summed E-state index contributed by atoms with van der Waals surface area (Å²) in [5.74, 6) is -0.347. The molecule has 94 valence electrons. The predicted octanol–water partition coefficient (Wildman–Crippen LogP) is 0.365. The van der Waals surface area contributed by atoms with Crippen molar-refractivity contribution in [1.82, 2.24) is 10.6 Å². The Hall–Kier alpha value is -1.40. The molecule has 1 heterocycles. The molecule has 0 saturated heterocycles. The minimum Gasteiger partial charge on any atom is -0.392 e. The SMILES string of the molecule is C[C@H](O)CNC(=O)CCNC(=O)c1cccs1. The summed E-state index contributed by atoms with van der Waals surface area (Å²) in [6.07, 6.45) is -0.344. The standard InChI is InChI=1S/C11H16N2O3S/c1-8(14)7-13-10(15)4-5-12-11(16)9-3-2-6-17-9/h2-3,6,8,14H,4-5,7H2,1H3,(H,12,16)(H,13,15)/t8-/m0/s1. The smallest absolute Gasteiger partial charge is 0.261 e. The molecular formula is C11H16N2O3S. The average Bonchev–Trinajstić information content (AvgIpc) is 2.79. The van der Waals surface area contributed by atoms with Crippen molar-refractivity contribution in [2.45, 2.75) is 19.4 Å². The Morgan fingerprint density at radius 3 is 2.82 bits per heavy atom. The van der Waals surface area contributed by atoms with Crippen molar-refractivity contribution in [2.75, 3.05) is 13.1 Å². The molecule has 5 nitrogen and oxygen atoms in total. The number of carbonyl (C=O) groups excluding carboxylic acids is 2. The first-order valence-electron chi connectivity index (χ1n) is 5.36. The van der Waals surface area contributed by atoms with E-state index in [2.05, 4.69) is 10.6 Å². The van der Waals surface area contributed by atoms with Gasteiger partial charge in [-0.1, -0.05) is 6.07 Å². The average molecular weight is 256 g/mol. The summed E-state index contributed by atoms with van der Waals surface area (Å²) < 4.78 is 0. The highest BCUT2D eigenvalue weighted by atomic mass is 32.1. The minimum absolute atomic E-state index is 0.164. The van der Waals surface area contributed by atoms with Crippen LogP contribution in [0.3, 0.4) is 0 Å². The van der Waals surface area contributed by atoms with Crippen molar-refractivity contribution in [2.24, 2.45) is 0 Å². The molecule has 0 radical (unpaired) electrons. The van der Waals surface area contributed by atoms with Crippen LogP contribution < -0.4 is 10.6 Å². The van der Waals surface area contributed by atoms with Crippen LogP contribution in [-0.2, 0) is 4.79 Å². The monoisotopic (exact) mass is 256 g/mol. The van der Waals surface area contributed by atoms with Gasteiger partial charge in [-0.25, -0.2) is 0 Å². The number of carbonyl (C=O) groups is 2. The maximum absolute atomic E-state index is 11.5. The minimum atomic E-state index is -0.556. The van der Waals surface area contributed by atoms with Crippen molar-refractivity contribution < 1.29 is 14.7 Å². The lowest BCUT2D eigenvalue weighted by atomic mass is 10.3. The molecule has 17 heavy (non-hydrogen) atoms. The van der Waals surface area contributed by atoms with Crippen LogP contribution in [0.4, 0.5) is 0 Å². The lowest BCUT2D eigenvalue weighted by Gasteiger charge is -2.07. The van der Waals surface area contributed by atoms with Gasteiger partial charge in [0, 0.05) is 19.5 Å². The Morgan fingerprint density at radius 2 is 2.24 bits per heavy atom. The maximum Gasteiger partial charge on any atom is 0.261 e. The Kier molecular flexibility index (Phi) is 5.65. The maximum atomic E-state index is 11.5. The van der Waals surface area contributed by atoms with E-state index in [1.807, 2.05) is 5.38 Å². The molecule has 2 amide bonds. The molecule has 0 aromatic carbocycles. The van der Waals surface area contributed by atoms with Gasteiger partial charge in [0.15, 0.2) is 0 Å². The molecular weight excluding hydrogens is 240 g/mol. The van der Waals surface area contributed by atoms with Crippen LogP contribution in [0.1, 0.15) is 23.0 Å². The number of nitrogens with one attached hydrogen (secondary N) is 2. The van der Waals surface area contributed by atoms with Gasteiger partial charge in [-0.3, -0.25) is 9.59 Å². The van der Waals surface area contributed by atoms with E-state index in [1.54, 1.807) is 19.1 Å². The Bertz CT molecular complexity index is 363. The Balaban J connectivity index is 2.15. The second-order valence-corrected chi connectivity index (χ2v) is 4.58. The van der Waals surface area contributed by atoms with Gasteiger partial charge in [0.05, 0.1) is 11.0 Å². The molecule has 1 rings (SSSR count). The third-order valence-electron chi connectivity index (χ3n) is 1.98.